The molecule has 0 fully saturated rings. The molecule has 3 nitrogen and oxygen atoms in total. The molecule has 4 heteroatoms. The minimum absolute atomic E-state index is 0.164. The van der Waals surface area contributed by atoms with Gasteiger partial charge in [-0.25, -0.2) is 0 Å². The number of pyridine rings is 1. The number of carbonyl (C=O) groups excluding carboxylic acids is 1. The van der Waals surface area contributed by atoms with Gasteiger partial charge in [-0.15, -0.1) is 0 Å². The standard InChI is InChI=1S/C23H16BrNO2/c24-18-11-12-19-20(13-18)22(17-9-5-2-6-10-17)21(15-26)25(23(19)27)14-16-7-3-1-4-8-16/h1-13,15H,14H2. The van der Waals surface area contributed by atoms with E-state index in [2.05, 4.69) is 15.9 Å². The fraction of sp³-hybridized carbons (Fsp3) is 0.0435. The second-order valence-electron chi connectivity index (χ2n) is 6.31. The van der Waals surface area contributed by atoms with Crippen LogP contribution in [0.1, 0.15) is 16.1 Å². The first-order chi connectivity index (χ1) is 13.2. The predicted octanol–water partition coefficient (Wildman–Crippen LogP) is 5.29. The maximum atomic E-state index is 13.2. The van der Waals surface area contributed by atoms with Crippen LogP contribution in [0.5, 0.6) is 0 Å². The fourth-order valence-corrected chi connectivity index (χ4v) is 3.75. The van der Waals surface area contributed by atoms with Crippen molar-refractivity contribution in [2.24, 2.45) is 0 Å². The number of hydrogen-bond acceptors (Lipinski definition) is 2. The van der Waals surface area contributed by atoms with Gasteiger partial charge in [-0.2, -0.15) is 0 Å². The molecule has 0 atom stereocenters. The van der Waals surface area contributed by atoms with Crippen LogP contribution in [0, 0.1) is 0 Å². The summed E-state index contributed by atoms with van der Waals surface area (Å²) in [6, 6.07) is 25.0. The Morgan fingerprint density at radius 2 is 1.52 bits per heavy atom. The number of aromatic nitrogens is 1. The number of carbonyl (C=O) groups is 1. The maximum Gasteiger partial charge on any atom is 0.259 e. The summed E-state index contributed by atoms with van der Waals surface area (Å²) in [6.07, 6.45) is 0.785. The van der Waals surface area contributed by atoms with Crippen LogP contribution in [0.4, 0.5) is 0 Å². The summed E-state index contributed by atoms with van der Waals surface area (Å²) in [6.45, 7) is 0.347. The van der Waals surface area contributed by atoms with E-state index in [0.717, 1.165) is 32.8 Å². The van der Waals surface area contributed by atoms with Gasteiger partial charge in [-0.05, 0) is 34.7 Å². The quantitative estimate of drug-likeness (QED) is 0.423. The summed E-state index contributed by atoms with van der Waals surface area (Å²) in [7, 11) is 0. The van der Waals surface area contributed by atoms with Crippen molar-refractivity contribution in [3.8, 4) is 11.1 Å². The number of aldehydes is 1. The van der Waals surface area contributed by atoms with Gasteiger partial charge in [0.15, 0.2) is 6.29 Å². The molecule has 27 heavy (non-hydrogen) atoms. The van der Waals surface area contributed by atoms with E-state index in [1.165, 1.54) is 0 Å². The molecule has 4 rings (SSSR count). The first kappa shape index (κ1) is 17.4. The Balaban J connectivity index is 2.10. The third-order valence-electron chi connectivity index (χ3n) is 4.63. The molecule has 0 amide bonds. The van der Waals surface area contributed by atoms with Crippen molar-refractivity contribution in [3.05, 3.63) is 105 Å². The monoisotopic (exact) mass is 417 g/mol. The summed E-state index contributed by atoms with van der Waals surface area (Å²) in [5.74, 6) is 0. The third-order valence-corrected chi connectivity index (χ3v) is 5.12. The molecule has 0 aliphatic rings. The van der Waals surface area contributed by atoms with Crippen LogP contribution >= 0.6 is 15.9 Å². The molecule has 0 aliphatic carbocycles. The molecule has 3 aromatic carbocycles. The third kappa shape index (κ3) is 3.24. The van der Waals surface area contributed by atoms with E-state index in [0.29, 0.717) is 17.6 Å². The number of nitrogens with zero attached hydrogens (tertiary/aromatic N) is 1. The Bertz CT molecular complexity index is 1180. The van der Waals surface area contributed by atoms with Gasteiger partial charge in [0.25, 0.3) is 5.56 Å². The largest absolute Gasteiger partial charge is 0.300 e. The average Bonchev–Trinajstić information content (AvgIpc) is 2.71. The lowest BCUT2D eigenvalue weighted by Crippen LogP contribution is -2.25. The number of rotatable bonds is 4. The Morgan fingerprint density at radius 3 is 2.19 bits per heavy atom. The van der Waals surface area contributed by atoms with Gasteiger partial charge < -0.3 is 4.57 Å². The van der Waals surface area contributed by atoms with Crippen LogP contribution in [0.2, 0.25) is 0 Å². The number of hydrogen-bond donors (Lipinski definition) is 0. The molecule has 0 aliphatic heterocycles. The van der Waals surface area contributed by atoms with Crippen LogP contribution in [-0.4, -0.2) is 10.9 Å². The van der Waals surface area contributed by atoms with E-state index in [1.54, 1.807) is 4.57 Å². The lowest BCUT2D eigenvalue weighted by Gasteiger charge is -2.17. The Labute approximate surface area is 165 Å². The zero-order valence-electron chi connectivity index (χ0n) is 14.4. The first-order valence-electron chi connectivity index (χ1n) is 8.59. The molecule has 0 bridgehead atoms. The zero-order valence-corrected chi connectivity index (χ0v) is 16.0. The molecule has 4 aromatic rings. The van der Waals surface area contributed by atoms with E-state index >= 15 is 0 Å². The van der Waals surface area contributed by atoms with Gasteiger partial charge in [0.1, 0.15) is 0 Å². The summed E-state index contributed by atoms with van der Waals surface area (Å²) in [5.41, 5.74) is 2.88. The molecule has 132 valence electrons. The smallest absolute Gasteiger partial charge is 0.259 e. The van der Waals surface area contributed by atoms with Gasteiger partial charge in [-0.3, -0.25) is 9.59 Å². The lowest BCUT2D eigenvalue weighted by atomic mass is 9.97. The highest BCUT2D eigenvalue weighted by Crippen LogP contribution is 2.32. The topological polar surface area (TPSA) is 39.1 Å². The average molecular weight is 418 g/mol. The summed E-state index contributed by atoms with van der Waals surface area (Å²) in [5, 5.41) is 1.37. The highest BCUT2D eigenvalue weighted by atomic mass is 79.9. The van der Waals surface area contributed by atoms with Gasteiger partial charge in [0.2, 0.25) is 0 Å². The minimum atomic E-state index is -0.164. The fourth-order valence-electron chi connectivity index (χ4n) is 3.39. The summed E-state index contributed by atoms with van der Waals surface area (Å²) >= 11 is 3.49. The molecule has 0 saturated heterocycles. The van der Waals surface area contributed by atoms with Crippen molar-refractivity contribution in [2.45, 2.75) is 6.54 Å². The maximum absolute atomic E-state index is 13.2. The SMILES string of the molecule is O=Cc1c(-c2ccccc2)c2cc(Br)ccc2c(=O)n1Cc1ccccc1. The molecule has 0 unspecified atom stereocenters. The lowest BCUT2D eigenvalue weighted by molar-refractivity contribution is 0.111. The summed E-state index contributed by atoms with van der Waals surface area (Å²) < 4.78 is 2.44. The second-order valence-corrected chi connectivity index (χ2v) is 7.23. The van der Waals surface area contributed by atoms with E-state index in [4.69, 9.17) is 0 Å². The second kappa shape index (κ2) is 7.33. The number of benzene rings is 3. The predicted molar refractivity (Wildman–Crippen MR) is 112 cm³/mol. The molecule has 1 heterocycles. The first-order valence-corrected chi connectivity index (χ1v) is 9.39. The van der Waals surface area contributed by atoms with Crippen molar-refractivity contribution >= 4 is 33.0 Å². The van der Waals surface area contributed by atoms with Gasteiger partial charge in [0.05, 0.1) is 12.2 Å². The van der Waals surface area contributed by atoms with E-state index in [9.17, 15) is 9.59 Å². The van der Waals surface area contributed by atoms with Gasteiger partial charge in [0, 0.05) is 15.4 Å². The van der Waals surface area contributed by atoms with Crippen LogP contribution in [-0.2, 0) is 6.54 Å². The van der Waals surface area contributed by atoms with Crippen molar-refractivity contribution in [3.63, 3.8) is 0 Å². The van der Waals surface area contributed by atoms with E-state index < -0.39 is 0 Å². The molecule has 0 saturated carbocycles. The van der Waals surface area contributed by atoms with Crippen LogP contribution in [0.15, 0.2) is 88.1 Å². The van der Waals surface area contributed by atoms with E-state index in [-0.39, 0.29) is 5.56 Å². The van der Waals surface area contributed by atoms with Crippen LogP contribution in [0.25, 0.3) is 21.9 Å². The molecule has 0 radical (unpaired) electrons. The van der Waals surface area contributed by atoms with Crippen LogP contribution in [0.3, 0.4) is 0 Å². The molecular weight excluding hydrogens is 402 g/mol. The molecule has 0 spiro atoms. The van der Waals surface area contributed by atoms with Crippen molar-refractivity contribution in [1.82, 2.24) is 4.57 Å². The van der Waals surface area contributed by atoms with Gasteiger partial charge >= 0.3 is 0 Å². The van der Waals surface area contributed by atoms with Gasteiger partial charge in [-0.1, -0.05) is 76.6 Å². The van der Waals surface area contributed by atoms with Crippen molar-refractivity contribution in [2.75, 3.05) is 0 Å². The Hall–Kier alpha value is -2.98. The highest BCUT2D eigenvalue weighted by Gasteiger charge is 2.18. The minimum Gasteiger partial charge on any atom is -0.300 e. The Kier molecular flexibility index (Phi) is 4.73. The molecule has 0 N–H and O–H groups in total. The number of halogens is 1. The van der Waals surface area contributed by atoms with Crippen LogP contribution < -0.4 is 5.56 Å². The number of fused-ring (bicyclic) bond motifs is 1. The van der Waals surface area contributed by atoms with Crippen molar-refractivity contribution < 1.29 is 4.79 Å². The highest BCUT2D eigenvalue weighted by molar-refractivity contribution is 9.10. The van der Waals surface area contributed by atoms with E-state index in [1.807, 2.05) is 78.9 Å². The summed E-state index contributed by atoms with van der Waals surface area (Å²) in [4.78, 5) is 25.3. The molecular formula is C23H16BrNO2. The van der Waals surface area contributed by atoms with Crippen molar-refractivity contribution in [1.29, 1.82) is 0 Å². The normalized spacial score (nSPS) is 10.9. The Morgan fingerprint density at radius 1 is 0.852 bits per heavy atom. The zero-order chi connectivity index (χ0) is 18.8. The molecule has 1 aromatic heterocycles.